The van der Waals surface area contributed by atoms with Crippen molar-refractivity contribution < 1.29 is 4.39 Å². The lowest BCUT2D eigenvalue weighted by Gasteiger charge is -2.07. The number of benzene rings is 3. The van der Waals surface area contributed by atoms with Crippen LogP contribution in [-0.2, 0) is 0 Å². The normalized spacial score (nSPS) is 15.0. The van der Waals surface area contributed by atoms with Gasteiger partial charge in [0.15, 0.2) is 34.9 Å². The van der Waals surface area contributed by atoms with Crippen molar-refractivity contribution in [3.63, 3.8) is 0 Å². The van der Waals surface area contributed by atoms with Gasteiger partial charge in [-0.3, -0.25) is 0 Å². The minimum Gasteiger partial charge on any atom is -0.238 e. The molecule has 0 unspecified atom stereocenters. The van der Waals surface area contributed by atoms with Gasteiger partial charge in [0.25, 0.3) is 5.70 Å². The summed E-state index contributed by atoms with van der Waals surface area (Å²) >= 11 is 0. The Bertz CT molecular complexity index is 2740. The van der Waals surface area contributed by atoms with Gasteiger partial charge in [-0.15, -0.1) is 0 Å². The molecule has 48 heavy (non-hydrogen) atoms. The Morgan fingerprint density at radius 1 is 0.625 bits per heavy atom. The predicted octanol–water partition coefficient (Wildman–Crippen LogP) is 0.851. The summed E-state index contributed by atoms with van der Waals surface area (Å²) in [6, 6.07) is 20.2. The zero-order chi connectivity index (χ0) is 33.5. The van der Waals surface area contributed by atoms with Crippen LogP contribution in [0.5, 0.6) is 0 Å². The van der Waals surface area contributed by atoms with E-state index in [2.05, 4.69) is 55.8 Å². The summed E-state index contributed by atoms with van der Waals surface area (Å²) < 4.78 is 14.3. The molecule has 3 aliphatic rings. The van der Waals surface area contributed by atoms with E-state index in [1.54, 1.807) is 49.4 Å². The summed E-state index contributed by atoms with van der Waals surface area (Å²) in [5, 5.41) is 41.3. The fraction of sp³-hybridized carbons (Fsp3) is 0.0303. The van der Waals surface area contributed by atoms with Crippen molar-refractivity contribution in [2.24, 2.45) is 30.0 Å². The van der Waals surface area contributed by atoms with Crippen molar-refractivity contribution in [2.45, 2.75) is 6.92 Å². The lowest BCUT2D eigenvalue weighted by atomic mass is 10.1. The molecular formula is C33H11FN14. The molecule has 220 valence electrons. The fourth-order valence-corrected chi connectivity index (χ4v) is 4.84. The van der Waals surface area contributed by atoms with Gasteiger partial charge in [-0.25, -0.2) is 54.1 Å². The van der Waals surface area contributed by atoms with Crippen molar-refractivity contribution in [1.29, 1.82) is 21.0 Å². The number of aryl methyl sites for hydroxylation is 1. The number of hydrogen-bond donors (Lipinski definition) is 0. The second kappa shape index (κ2) is 11.2. The van der Waals surface area contributed by atoms with Crippen LogP contribution in [0.15, 0.2) is 95.9 Å². The number of para-hydroxylation sites is 2. The topological polar surface area (TPSA) is 212 Å². The molecule has 0 saturated carbocycles. The second-order valence-electron chi connectivity index (χ2n) is 10.1. The number of hydrogen-bond acceptors (Lipinski definition) is 13. The first-order valence-corrected chi connectivity index (χ1v) is 13.7. The number of fused-ring (bicyclic) bond motifs is 3. The number of nitrogens with zero attached hydrogens (tertiary/aromatic N) is 14. The highest BCUT2D eigenvalue weighted by Crippen LogP contribution is 2.26. The van der Waals surface area contributed by atoms with E-state index in [-0.39, 0.29) is 68.1 Å². The van der Waals surface area contributed by atoms with Crippen LogP contribution in [0.1, 0.15) is 34.2 Å². The average molecular weight is 623 g/mol. The molecule has 0 spiro atoms. The highest BCUT2D eigenvalue weighted by molar-refractivity contribution is 5.80. The van der Waals surface area contributed by atoms with Gasteiger partial charge in [0.2, 0.25) is 0 Å². The maximum absolute atomic E-state index is 14.3. The molecule has 0 amide bonds. The van der Waals surface area contributed by atoms with Crippen LogP contribution in [0, 0.1) is 64.6 Å². The Balaban J connectivity index is 1.50. The van der Waals surface area contributed by atoms with E-state index < -0.39 is 5.82 Å². The van der Waals surface area contributed by atoms with Gasteiger partial charge in [-0.2, -0.15) is 21.0 Å². The van der Waals surface area contributed by atoms with Gasteiger partial charge >= 0.3 is 0 Å². The van der Waals surface area contributed by atoms with Crippen molar-refractivity contribution in [3.8, 4) is 24.3 Å². The maximum atomic E-state index is 14.3. The van der Waals surface area contributed by atoms with Crippen molar-refractivity contribution >= 4 is 16.8 Å². The third-order valence-corrected chi connectivity index (χ3v) is 7.16. The van der Waals surface area contributed by atoms with E-state index >= 15 is 0 Å². The molecule has 0 N–H and O–H groups in total. The molecule has 15 heteroatoms. The summed E-state index contributed by atoms with van der Waals surface area (Å²) in [5.74, 6) is -1.96. The Morgan fingerprint density at radius 3 is 1.60 bits per heavy atom. The van der Waals surface area contributed by atoms with Crippen LogP contribution in [-0.4, -0.2) is 15.0 Å². The van der Waals surface area contributed by atoms with E-state index in [4.69, 9.17) is 6.57 Å². The molecule has 0 atom stereocenters. The first kappa shape index (κ1) is 28.8. The third-order valence-electron chi connectivity index (χ3n) is 7.16. The number of aromatic nitrogens is 3. The van der Waals surface area contributed by atoms with E-state index in [0.717, 1.165) is 6.07 Å². The molecule has 14 nitrogen and oxygen atoms in total. The zero-order valence-electron chi connectivity index (χ0n) is 24.3. The summed E-state index contributed by atoms with van der Waals surface area (Å²) in [6.45, 7) is 9.71. The number of rotatable bonds is 3. The maximum Gasteiger partial charge on any atom is 0.274 e. The van der Waals surface area contributed by atoms with Crippen molar-refractivity contribution in [3.05, 3.63) is 150 Å². The molecule has 4 aromatic rings. The smallest absolute Gasteiger partial charge is 0.238 e. The largest absolute Gasteiger partial charge is 0.274 e. The predicted molar refractivity (Wildman–Crippen MR) is 159 cm³/mol. The lowest BCUT2D eigenvalue weighted by Crippen LogP contribution is -2.22. The fourth-order valence-electron chi connectivity index (χ4n) is 4.84. The Kier molecular flexibility index (Phi) is 6.73. The summed E-state index contributed by atoms with van der Waals surface area (Å²) in [5.41, 5.74) is 0.0569. The van der Waals surface area contributed by atoms with Crippen LogP contribution in [0.2, 0.25) is 0 Å². The molecular weight excluding hydrogens is 611 g/mol. The van der Waals surface area contributed by atoms with Gasteiger partial charge in [0.1, 0.15) is 35.2 Å². The quantitative estimate of drug-likeness (QED) is 0.237. The van der Waals surface area contributed by atoms with Crippen LogP contribution in [0.25, 0.3) is 21.7 Å². The second-order valence-corrected chi connectivity index (χ2v) is 10.1. The first-order chi connectivity index (χ1) is 23.3. The number of allylic oxidation sites excluding steroid dienone is 2. The van der Waals surface area contributed by atoms with Crippen LogP contribution < -0.4 is 32.1 Å². The monoisotopic (exact) mass is 622 g/mol. The molecule has 0 fully saturated rings. The summed E-state index contributed by atoms with van der Waals surface area (Å²) in [6.07, 6.45) is 0. The molecule has 0 saturated heterocycles. The Hall–Kier alpha value is -7.93. The van der Waals surface area contributed by atoms with Crippen LogP contribution >= 0.6 is 0 Å². The van der Waals surface area contributed by atoms with Crippen LogP contribution in [0.4, 0.5) is 4.39 Å². The summed E-state index contributed by atoms with van der Waals surface area (Å²) in [7, 11) is 0. The molecule has 0 aliphatic carbocycles. The highest BCUT2D eigenvalue weighted by Gasteiger charge is 2.25. The van der Waals surface area contributed by atoms with E-state index in [1.165, 1.54) is 6.07 Å². The van der Waals surface area contributed by atoms with E-state index in [9.17, 15) is 25.4 Å². The molecule has 7 rings (SSSR count). The summed E-state index contributed by atoms with van der Waals surface area (Å²) in [4.78, 5) is 43.0. The standard InChI is InChI=1S/C33H11FN14/c1-15-7-23-24(8-16(15)11-35)43-29(42-23)19(14-38)31-46-30(18(13-37)28-40-21-5-3-4-6-22(21)41-28)47-33(48-31)27(39-2)32-44-25-9-17(12-36)20(34)10-26(25)45-32/h3-10H,1H3/b29-19-,32-27-. The van der Waals surface area contributed by atoms with Gasteiger partial charge in [-0.05, 0) is 42.8 Å². The molecule has 3 aromatic carbocycles. The van der Waals surface area contributed by atoms with Gasteiger partial charge in [0, 0.05) is 6.07 Å². The molecule has 4 heterocycles. The van der Waals surface area contributed by atoms with Crippen LogP contribution in [0.3, 0.4) is 0 Å². The Labute approximate surface area is 267 Å². The van der Waals surface area contributed by atoms with Gasteiger partial charge in [-0.1, -0.05) is 12.1 Å². The molecule has 0 radical (unpaired) electrons. The minimum atomic E-state index is -0.812. The van der Waals surface area contributed by atoms with Gasteiger partial charge < -0.3 is 0 Å². The minimum absolute atomic E-state index is 0.00529. The Morgan fingerprint density at radius 2 is 1.08 bits per heavy atom. The molecule has 1 aromatic heterocycles. The van der Waals surface area contributed by atoms with Crippen molar-refractivity contribution in [1.82, 2.24) is 15.0 Å². The number of nitriles is 4. The highest BCUT2D eigenvalue weighted by atomic mass is 19.1. The lowest BCUT2D eigenvalue weighted by molar-refractivity contribution is 0.621. The molecule has 0 bridgehead atoms. The average Bonchev–Trinajstić information content (AvgIpc) is 3.81. The molecule has 3 aliphatic heterocycles. The van der Waals surface area contributed by atoms with Gasteiger partial charge in [0.05, 0.1) is 55.9 Å². The first-order valence-electron chi connectivity index (χ1n) is 13.7. The number of halogens is 1. The van der Waals surface area contributed by atoms with E-state index in [1.807, 2.05) is 12.1 Å². The van der Waals surface area contributed by atoms with Crippen molar-refractivity contribution in [2.75, 3.05) is 0 Å². The SMILES string of the molecule is [C-]#[N+]/C(=C1\N=c2cc(F)c(C#N)cc2=N1)c1nc(C(C#N)=C2N=c3ccccc3=N2)nc(/C(C#N)=C2/N=c3cc(C)c(C#N)cc3=N2)n1. The third kappa shape index (κ3) is 4.74. The zero-order valence-corrected chi connectivity index (χ0v) is 24.3. The van der Waals surface area contributed by atoms with E-state index in [0.29, 0.717) is 32.6 Å².